The van der Waals surface area contributed by atoms with Crippen molar-refractivity contribution < 1.29 is 5.11 Å². The van der Waals surface area contributed by atoms with Crippen molar-refractivity contribution in [3.63, 3.8) is 0 Å². The molecule has 2 aliphatic rings. The maximum atomic E-state index is 11.0. The van der Waals surface area contributed by atoms with Gasteiger partial charge in [0, 0.05) is 0 Å². The third-order valence-electron chi connectivity index (χ3n) is 5.20. The molecule has 0 aromatic carbocycles. The fraction of sp³-hybridized carbons (Fsp3) is 1.00. The van der Waals surface area contributed by atoms with E-state index in [-0.39, 0.29) is 5.60 Å². The normalized spacial score (nSPS) is 50.2. The molecule has 0 aromatic heterocycles. The maximum absolute atomic E-state index is 11.0. The Bertz CT molecular complexity index is 228. The Morgan fingerprint density at radius 2 is 1.56 bits per heavy atom. The molecular weight excluding hydrogens is 196 g/mol. The highest BCUT2D eigenvalue weighted by Gasteiger charge is 2.44. The molecule has 2 saturated carbocycles. The van der Waals surface area contributed by atoms with Gasteiger partial charge in [-0.25, -0.2) is 0 Å². The van der Waals surface area contributed by atoms with Crippen LogP contribution in [0.1, 0.15) is 65.7 Å². The van der Waals surface area contributed by atoms with E-state index >= 15 is 0 Å². The quantitative estimate of drug-likeness (QED) is 0.714. The largest absolute Gasteiger partial charge is 0.389 e. The fourth-order valence-electron chi connectivity index (χ4n) is 4.32. The Labute approximate surface area is 101 Å². The summed E-state index contributed by atoms with van der Waals surface area (Å²) in [5, 5.41) is 11.0. The SMILES string of the molecule is CC1CC(C)CC(C2(O)CCCCC2C)C1. The maximum Gasteiger partial charge on any atom is 0.0701 e. The first-order chi connectivity index (χ1) is 7.52. The minimum absolute atomic E-state index is 0.332. The van der Waals surface area contributed by atoms with Gasteiger partial charge >= 0.3 is 0 Å². The van der Waals surface area contributed by atoms with E-state index in [1.54, 1.807) is 0 Å². The standard InChI is InChI=1S/C15H28O/c1-11-8-12(2)10-14(9-11)15(16)7-5-4-6-13(15)3/h11-14,16H,4-10H2,1-3H3. The highest BCUT2D eigenvalue weighted by atomic mass is 16.3. The van der Waals surface area contributed by atoms with E-state index in [2.05, 4.69) is 20.8 Å². The van der Waals surface area contributed by atoms with Crippen LogP contribution in [0.4, 0.5) is 0 Å². The molecule has 2 rings (SSSR count). The number of aliphatic hydroxyl groups is 1. The lowest BCUT2D eigenvalue weighted by atomic mass is 9.62. The summed E-state index contributed by atoms with van der Waals surface area (Å²) in [5.41, 5.74) is -0.332. The van der Waals surface area contributed by atoms with Crippen molar-refractivity contribution in [2.24, 2.45) is 23.7 Å². The van der Waals surface area contributed by atoms with Crippen LogP contribution in [0, 0.1) is 23.7 Å². The topological polar surface area (TPSA) is 20.2 Å². The lowest BCUT2D eigenvalue weighted by Gasteiger charge is -2.48. The number of hydrogen-bond acceptors (Lipinski definition) is 1. The molecule has 4 atom stereocenters. The van der Waals surface area contributed by atoms with Gasteiger partial charge in [-0.1, -0.05) is 33.6 Å². The average molecular weight is 224 g/mol. The lowest BCUT2D eigenvalue weighted by molar-refractivity contribution is -0.109. The summed E-state index contributed by atoms with van der Waals surface area (Å²) < 4.78 is 0. The van der Waals surface area contributed by atoms with Gasteiger partial charge in [-0.15, -0.1) is 0 Å². The zero-order chi connectivity index (χ0) is 11.8. The zero-order valence-corrected chi connectivity index (χ0v) is 11.2. The molecular formula is C15H28O. The predicted molar refractivity (Wildman–Crippen MR) is 68.3 cm³/mol. The average Bonchev–Trinajstić information content (AvgIpc) is 2.21. The van der Waals surface area contributed by atoms with Crippen LogP contribution in [-0.4, -0.2) is 10.7 Å². The monoisotopic (exact) mass is 224 g/mol. The Hall–Kier alpha value is -0.0400. The zero-order valence-electron chi connectivity index (χ0n) is 11.2. The van der Waals surface area contributed by atoms with Crippen molar-refractivity contribution in [3.8, 4) is 0 Å². The number of rotatable bonds is 1. The van der Waals surface area contributed by atoms with E-state index in [9.17, 15) is 5.11 Å². The van der Waals surface area contributed by atoms with Crippen LogP contribution in [0.2, 0.25) is 0 Å². The van der Waals surface area contributed by atoms with Crippen LogP contribution in [-0.2, 0) is 0 Å². The Morgan fingerprint density at radius 3 is 2.12 bits per heavy atom. The van der Waals surface area contributed by atoms with Crippen molar-refractivity contribution >= 4 is 0 Å². The molecule has 1 N–H and O–H groups in total. The van der Waals surface area contributed by atoms with Gasteiger partial charge in [0.1, 0.15) is 0 Å². The second-order valence-corrected chi connectivity index (χ2v) is 6.75. The summed E-state index contributed by atoms with van der Waals surface area (Å²) in [4.78, 5) is 0. The van der Waals surface area contributed by atoms with Crippen molar-refractivity contribution in [2.45, 2.75) is 71.3 Å². The highest BCUT2D eigenvalue weighted by molar-refractivity contribution is 4.96. The molecule has 0 radical (unpaired) electrons. The van der Waals surface area contributed by atoms with Gasteiger partial charge in [-0.3, -0.25) is 0 Å². The van der Waals surface area contributed by atoms with E-state index < -0.39 is 0 Å². The minimum atomic E-state index is -0.332. The van der Waals surface area contributed by atoms with Crippen molar-refractivity contribution in [1.82, 2.24) is 0 Å². The van der Waals surface area contributed by atoms with Crippen LogP contribution in [0.3, 0.4) is 0 Å². The van der Waals surface area contributed by atoms with Crippen LogP contribution >= 0.6 is 0 Å². The second kappa shape index (κ2) is 4.68. The van der Waals surface area contributed by atoms with Crippen molar-refractivity contribution in [3.05, 3.63) is 0 Å². The van der Waals surface area contributed by atoms with Crippen LogP contribution in [0.25, 0.3) is 0 Å². The highest BCUT2D eigenvalue weighted by Crippen LogP contribution is 2.47. The van der Waals surface area contributed by atoms with Crippen LogP contribution in [0.5, 0.6) is 0 Å². The van der Waals surface area contributed by atoms with Gasteiger partial charge in [-0.05, 0) is 55.8 Å². The molecule has 1 nitrogen and oxygen atoms in total. The molecule has 0 aromatic rings. The van der Waals surface area contributed by atoms with E-state index in [0.717, 1.165) is 18.3 Å². The smallest absolute Gasteiger partial charge is 0.0701 e. The molecule has 1 heteroatoms. The van der Waals surface area contributed by atoms with Gasteiger partial charge in [0.15, 0.2) is 0 Å². The van der Waals surface area contributed by atoms with E-state index in [4.69, 9.17) is 0 Å². The molecule has 0 bridgehead atoms. The molecule has 0 spiro atoms. The van der Waals surface area contributed by atoms with Crippen molar-refractivity contribution in [2.75, 3.05) is 0 Å². The third kappa shape index (κ3) is 2.30. The van der Waals surface area contributed by atoms with Gasteiger partial charge in [0.2, 0.25) is 0 Å². The summed E-state index contributed by atoms with van der Waals surface area (Å²) in [7, 11) is 0. The lowest BCUT2D eigenvalue weighted by Crippen LogP contribution is -2.48. The van der Waals surface area contributed by atoms with E-state index in [1.165, 1.54) is 38.5 Å². The molecule has 4 unspecified atom stereocenters. The van der Waals surface area contributed by atoms with Crippen LogP contribution < -0.4 is 0 Å². The Kier molecular flexibility index (Phi) is 3.63. The third-order valence-corrected chi connectivity index (χ3v) is 5.20. The first-order valence-corrected chi connectivity index (χ1v) is 7.24. The number of hydrogen-bond donors (Lipinski definition) is 1. The molecule has 94 valence electrons. The van der Waals surface area contributed by atoms with Gasteiger partial charge in [0.25, 0.3) is 0 Å². The van der Waals surface area contributed by atoms with E-state index in [0.29, 0.717) is 11.8 Å². The summed E-state index contributed by atoms with van der Waals surface area (Å²) in [5.74, 6) is 2.71. The predicted octanol–water partition coefficient (Wildman–Crippen LogP) is 4.00. The van der Waals surface area contributed by atoms with Gasteiger partial charge in [0.05, 0.1) is 5.60 Å². The molecule has 16 heavy (non-hydrogen) atoms. The minimum Gasteiger partial charge on any atom is -0.389 e. The second-order valence-electron chi connectivity index (χ2n) is 6.75. The van der Waals surface area contributed by atoms with Crippen molar-refractivity contribution in [1.29, 1.82) is 0 Å². The van der Waals surface area contributed by atoms with E-state index in [1.807, 2.05) is 0 Å². The van der Waals surface area contributed by atoms with Crippen LogP contribution in [0.15, 0.2) is 0 Å². The first-order valence-electron chi connectivity index (χ1n) is 7.24. The van der Waals surface area contributed by atoms with Gasteiger partial charge in [-0.2, -0.15) is 0 Å². The summed E-state index contributed by atoms with van der Waals surface area (Å²) in [6.07, 6.45) is 8.72. The summed E-state index contributed by atoms with van der Waals surface area (Å²) >= 11 is 0. The first kappa shape index (κ1) is 12.4. The molecule has 0 heterocycles. The summed E-state index contributed by atoms with van der Waals surface area (Å²) in [6.45, 7) is 6.99. The Balaban J connectivity index is 2.09. The Morgan fingerprint density at radius 1 is 0.938 bits per heavy atom. The molecule has 0 amide bonds. The molecule has 0 aliphatic heterocycles. The summed E-state index contributed by atoms with van der Waals surface area (Å²) in [6, 6.07) is 0. The molecule has 0 saturated heterocycles. The molecule has 2 fully saturated rings. The van der Waals surface area contributed by atoms with Gasteiger partial charge < -0.3 is 5.11 Å². The molecule has 2 aliphatic carbocycles. The fourth-order valence-corrected chi connectivity index (χ4v) is 4.32.